The van der Waals surface area contributed by atoms with Crippen LogP contribution in [-0.4, -0.2) is 21.7 Å². The molecule has 0 radical (unpaired) electrons. The van der Waals surface area contributed by atoms with Gasteiger partial charge in [-0.2, -0.15) is 0 Å². The summed E-state index contributed by atoms with van der Waals surface area (Å²) in [5.74, 6) is 0.834. The molecular weight excluding hydrogens is 336 g/mol. The molecule has 2 rings (SSSR count). The summed E-state index contributed by atoms with van der Waals surface area (Å²) in [7, 11) is 0. The Balaban J connectivity index is 2.23. The van der Waals surface area contributed by atoms with Gasteiger partial charge in [0.05, 0.1) is 0 Å². The monoisotopic (exact) mass is 354 g/mol. The molecule has 0 saturated carbocycles. The van der Waals surface area contributed by atoms with E-state index in [1.165, 1.54) is 10.5 Å². The second-order valence-corrected chi connectivity index (χ2v) is 6.59. The minimum absolute atomic E-state index is 0.311. The van der Waals surface area contributed by atoms with Crippen molar-refractivity contribution in [3.8, 4) is 0 Å². The molecule has 108 valence electrons. The molecular formula is C14H19BrN4S. The summed E-state index contributed by atoms with van der Waals surface area (Å²) in [5.41, 5.74) is 1.27. The van der Waals surface area contributed by atoms with E-state index < -0.39 is 0 Å². The van der Waals surface area contributed by atoms with E-state index in [1.54, 1.807) is 11.8 Å². The average Bonchev–Trinajstić information content (AvgIpc) is 2.81. The molecule has 1 atom stereocenters. The second-order valence-electron chi connectivity index (χ2n) is 4.66. The standard InChI is InChI=1S/C14H19BrN4S/c1-4-7-16-9(2)12-6-5-11(15)8-13(12)20-14-17-10(3)18-19-14/h5-6,8-9,16H,4,7H2,1-3H3,(H,17,18,19). The summed E-state index contributed by atoms with van der Waals surface area (Å²) in [6.45, 7) is 7.28. The highest BCUT2D eigenvalue weighted by molar-refractivity contribution is 9.10. The number of hydrogen-bond acceptors (Lipinski definition) is 4. The number of nitrogens with one attached hydrogen (secondary N) is 2. The van der Waals surface area contributed by atoms with Gasteiger partial charge >= 0.3 is 0 Å². The van der Waals surface area contributed by atoms with Crippen LogP contribution in [0.2, 0.25) is 0 Å². The van der Waals surface area contributed by atoms with Crippen molar-refractivity contribution in [2.45, 2.75) is 43.3 Å². The molecule has 0 aliphatic rings. The average molecular weight is 355 g/mol. The SMILES string of the molecule is CCCNC(C)c1ccc(Br)cc1Sc1n[nH]c(C)n1. The van der Waals surface area contributed by atoms with Gasteiger partial charge in [0, 0.05) is 15.4 Å². The largest absolute Gasteiger partial charge is 0.310 e. The van der Waals surface area contributed by atoms with E-state index in [1.807, 2.05) is 6.92 Å². The fourth-order valence-corrected chi connectivity index (χ4v) is 3.42. The van der Waals surface area contributed by atoms with Crippen LogP contribution in [0.15, 0.2) is 32.7 Å². The summed E-state index contributed by atoms with van der Waals surface area (Å²) in [6, 6.07) is 6.66. The summed E-state index contributed by atoms with van der Waals surface area (Å²) in [5, 5.41) is 11.3. The van der Waals surface area contributed by atoms with Gasteiger partial charge in [-0.1, -0.05) is 28.9 Å². The van der Waals surface area contributed by atoms with Crippen LogP contribution >= 0.6 is 27.7 Å². The highest BCUT2D eigenvalue weighted by atomic mass is 79.9. The van der Waals surface area contributed by atoms with Crippen LogP contribution in [0.1, 0.15) is 37.7 Å². The fraction of sp³-hybridized carbons (Fsp3) is 0.429. The number of nitrogens with zero attached hydrogens (tertiary/aromatic N) is 2. The molecule has 1 unspecified atom stereocenters. The maximum atomic E-state index is 4.36. The predicted molar refractivity (Wildman–Crippen MR) is 86.1 cm³/mol. The Morgan fingerprint density at radius 2 is 2.25 bits per heavy atom. The van der Waals surface area contributed by atoms with Crippen molar-refractivity contribution >= 4 is 27.7 Å². The number of aromatic amines is 1. The number of hydrogen-bond donors (Lipinski definition) is 2. The van der Waals surface area contributed by atoms with Gasteiger partial charge in [-0.25, -0.2) is 4.98 Å². The zero-order valence-corrected chi connectivity index (χ0v) is 14.3. The summed E-state index contributed by atoms with van der Waals surface area (Å²) >= 11 is 5.12. The first-order chi connectivity index (χ1) is 9.60. The Morgan fingerprint density at radius 1 is 1.45 bits per heavy atom. The van der Waals surface area contributed by atoms with E-state index in [2.05, 4.69) is 68.5 Å². The van der Waals surface area contributed by atoms with E-state index in [0.717, 1.165) is 28.4 Å². The molecule has 4 nitrogen and oxygen atoms in total. The van der Waals surface area contributed by atoms with Gasteiger partial charge in [-0.3, -0.25) is 5.10 Å². The van der Waals surface area contributed by atoms with Crippen molar-refractivity contribution < 1.29 is 0 Å². The van der Waals surface area contributed by atoms with Gasteiger partial charge in [0.1, 0.15) is 5.82 Å². The first-order valence-corrected chi connectivity index (χ1v) is 8.30. The maximum absolute atomic E-state index is 4.36. The second kappa shape index (κ2) is 7.24. The number of halogens is 1. The van der Waals surface area contributed by atoms with Crippen molar-refractivity contribution in [2.24, 2.45) is 0 Å². The Bertz CT molecular complexity index is 570. The van der Waals surface area contributed by atoms with Crippen molar-refractivity contribution in [3.05, 3.63) is 34.1 Å². The van der Waals surface area contributed by atoms with E-state index >= 15 is 0 Å². The van der Waals surface area contributed by atoms with Gasteiger partial charge in [0.15, 0.2) is 0 Å². The third-order valence-electron chi connectivity index (χ3n) is 2.92. The minimum atomic E-state index is 0.311. The molecule has 0 aliphatic carbocycles. The normalized spacial score (nSPS) is 12.6. The van der Waals surface area contributed by atoms with Crippen molar-refractivity contribution in [3.63, 3.8) is 0 Å². The van der Waals surface area contributed by atoms with Crippen molar-refractivity contribution in [2.75, 3.05) is 6.54 Å². The molecule has 0 bridgehead atoms. The van der Waals surface area contributed by atoms with Gasteiger partial charge in [-0.05, 0) is 56.3 Å². The van der Waals surface area contributed by atoms with Crippen molar-refractivity contribution in [1.29, 1.82) is 0 Å². The number of rotatable bonds is 6. The van der Waals surface area contributed by atoms with Gasteiger partial charge in [-0.15, -0.1) is 5.10 Å². The molecule has 1 aromatic carbocycles. The van der Waals surface area contributed by atoms with Gasteiger partial charge in [0.25, 0.3) is 0 Å². The third kappa shape index (κ3) is 4.07. The van der Waals surface area contributed by atoms with E-state index in [-0.39, 0.29) is 0 Å². The molecule has 0 spiro atoms. The van der Waals surface area contributed by atoms with Crippen molar-refractivity contribution in [1.82, 2.24) is 20.5 Å². The predicted octanol–water partition coefficient (Wildman–Crippen LogP) is 4.09. The van der Waals surface area contributed by atoms with Crippen LogP contribution in [0.3, 0.4) is 0 Å². The van der Waals surface area contributed by atoms with Crippen LogP contribution in [0.4, 0.5) is 0 Å². The number of aryl methyl sites for hydroxylation is 1. The smallest absolute Gasteiger partial charge is 0.213 e. The Hall–Kier alpha value is -0.850. The molecule has 0 fully saturated rings. The molecule has 20 heavy (non-hydrogen) atoms. The van der Waals surface area contributed by atoms with Gasteiger partial charge in [0.2, 0.25) is 5.16 Å². The number of aromatic nitrogens is 3. The first kappa shape index (κ1) is 15.5. The lowest BCUT2D eigenvalue weighted by molar-refractivity contribution is 0.563. The van der Waals surface area contributed by atoms with Gasteiger partial charge < -0.3 is 5.32 Å². The van der Waals surface area contributed by atoms with E-state index in [9.17, 15) is 0 Å². The van der Waals surface area contributed by atoms with Crippen LogP contribution < -0.4 is 5.32 Å². The molecule has 0 saturated heterocycles. The van der Waals surface area contributed by atoms with E-state index in [4.69, 9.17) is 0 Å². The lowest BCUT2D eigenvalue weighted by Crippen LogP contribution is -2.19. The highest BCUT2D eigenvalue weighted by Crippen LogP contribution is 2.33. The molecule has 2 N–H and O–H groups in total. The molecule has 0 amide bonds. The molecule has 6 heteroatoms. The number of H-pyrrole nitrogens is 1. The lowest BCUT2D eigenvalue weighted by Gasteiger charge is -2.17. The Morgan fingerprint density at radius 3 is 2.90 bits per heavy atom. The van der Waals surface area contributed by atoms with E-state index in [0.29, 0.717) is 6.04 Å². The zero-order chi connectivity index (χ0) is 14.5. The molecule has 1 heterocycles. The molecule has 2 aromatic rings. The van der Waals surface area contributed by atoms with Crippen LogP contribution in [0, 0.1) is 6.92 Å². The van der Waals surface area contributed by atoms with Crippen LogP contribution in [-0.2, 0) is 0 Å². The summed E-state index contributed by atoms with van der Waals surface area (Å²) in [4.78, 5) is 5.53. The Kier molecular flexibility index (Phi) is 5.63. The minimum Gasteiger partial charge on any atom is -0.310 e. The zero-order valence-electron chi connectivity index (χ0n) is 11.9. The quantitative estimate of drug-likeness (QED) is 0.820. The third-order valence-corrected chi connectivity index (χ3v) is 4.35. The lowest BCUT2D eigenvalue weighted by atomic mass is 10.1. The maximum Gasteiger partial charge on any atom is 0.213 e. The summed E-state index contributed by atoms with van der Waals surface area (Å²) in [6.07, 6.45) is 1.13. The summed E-state index contributed by atoms with van der Waals surface area (Å²) < 4.78 is 1.07. The number of benzene rings is 1. The highest BCUT2D eigenvalue weighted by Gasteiger charge is 2.13. The van der Waals surface area contributed by atoms with Crippen LogP contribution in [0.25, 0.3) is 0 Å². The Labute approximate surface area is 132 Å². The van der Waals surface area contributed by atoms with Crippen LogP contribution in [0.5, 0.6) is 0 Å². The molecule has 0 aliphatic heterocycles. The fourth-order valence-electron chi connectivity index (χ4n) is 1.89. The first-order valence-electron chi connectivity index (χ1n) is 6.70. The molecule has 1 aromatic heterocycles. The topological polar surface area (TPSA) is 53.6 Å².